The second-order valence-corrected chi connectivity index (χ2v) is 8.91. The Morgan fingerprint density at radius 3 is 2.75 bits per heavy atom. The lowest BCUT2D eigenvalue weighted by Gasteiger charge is -2.09. The van der Waals surface area contributed by atoms with E-state index in [9.17, 15) is 13.2 Å². The summed E-state index contributed by atoms with van der Waals surface area (Å²) in [6, 6.07) is 1.75. The molecule has 2 aromatic rings. The largest absolute Gasteiger partial charge is 0.313 e. The van der Waals surface area contributed by atoms with Gasteiger partial charge in [-0.25, -0.2) is 8.42 Å². The van der Waals surface area contributed by atoms with E-state index < -0.39 is 9.84 Å². The zero-order valence-corrected chi connectivity index (χ0v) is 13.7. The lowest BCUT2D eigenvalue weighted by atomic mass is 10.3. The minimum Gasteiger partial charge on any atom is -0.313 e. The van der Waals surface area contributed by atoms with E-state index in [2.05, 4.69) is 0 Å². The Balaban J connectivity index is 2.19. The molecular weight excluding hydrogens is 318 g/mol. The topological polar surface area (TPSA) is 56.1 Å². The minimum absolute atomic E-state index is 0.0798. The first-order chi connectivity index (χ1) is 9.33. The van der Waals surface area contributed by atoms with Gasteiger partial charge in [0.25, 0.3) is 5.56 Å². The number of fused-ring (bicyclic) bond motifs is 1. The van der Waals surface area contributed by atoms with Gasteiger partial charge in [0.1, 0.15) is 0 Å². The molecule has 0 saturated carbocycles. The molecule has 20 heavy (non-hydrogen) atoms. The molecule has 0 spiro atoms. The molecule has 0 unspecified atom stereocenters. The molecule has 0 N–H and O–H groups in total. The standard InChI is InChI=1S/C13H16ClNO3S2/c1-9(2)20(17,18)7-3-5-15-8-11(14)12-10(13(15)16)4-6-19-12/h4,6,8-9H,3,5,7H2,1-2H3. The van der Waals surface area contributed by atoms with Gasteiger partial charge in [0.15, 0.2) is 9.84 Å². The van der Waals surface area contributed by atoms with Crippen molar-refractivity contribution in [3.05, 3.63) is 33.0 Å². The predicted octanol–water partition coefficient (Wildman–Crippen LogP) is 2.93. The van der Waals surface area contributed by atoms with Crippen molar-refractivity contribution in [2.45, 2.75) is 32.1 Å². The van der Waals surface area contributed by atoms with E-state index in [1.807, 2.05) is 5.38 Å². The van der Waals surface area contributed by atoms with E-state index in [-0.39, 0.29) is 16.6 Å². The molecule has 110 valence electrons. The van der Waals surface area contributed by atoms with E-state index >= 15 is 0 Å². The minimum atomic E-state index is -3.07. The molecule has 0 aromatic carbocycles. The van der Waals surface area contributed by atoms with Gasteiger partial charge in [0.05, 0.1) is 26.1 Å². The first kappa shape index (κ1) is 15.5. The Kier molecular flexibility index (Phi) is 4.56. The summed E-state index contributed by atoms with van der Waals surface area (Å²) in [5.74, 6) is 0.0798. The van der Waals surface area contributed by atoms with E-state index in [1.54, 1.807) is 26.1 Å². The fraction of sp³-hybridized carbons (Fsp3) is 0.462. The number of aryl methyl sites for hydroxylation is 1. The predicted molar refractivity (Wildman–Crippen MR) is 84.6 cm³/mol. The van der Waals surface area contributed by atoms with Crippen molar-refractivity contribution in [2.24, 2.45) is 0 Å². The van der Waals surface area contributed by atoms with Gasteiger partial charge in [-0.3, -0.25) is 4.79 Å². The average molecular weight is 334 g/mol. The summed E-state index contributed by atoms with van der Waals surface area (Å²) >= 11 is 7.55. The van der Waals surface area contributed by atoms with Crippen molar-refractivity contribution in [2.75, 3.05) is 5.75 Å². The molecule has 2 aromatic heterocycles. The SMILES string of the molecule is CC(C)S(=O)(=O)CCCn1cc(Cl)c2sccc2c1=O. The summed E-state index contributed by atoms with van der Waals surface area (Å²) in [5, 5.41) is 2.56. The Hall–Kier alpha value is -0.850. The smallest absolute Gasteiger partial charge is 0.259 e. The van der Waals surface area contributed by atoms with Gasteiger partial charge in [0.2, 0.25) is 0 Å². The second-order valence-electron chi connectivity index (χ2n) is 4.91. The van der Waals surface area contributed by atoms with Crippen LogP contribution in [0.1, 0.15) is 20.3 Å². The summed E-state index contributed by atoms with van der Waals surface area (Å²) in [7, 11) is -3.07. The molecule has 0 aliphatic heterocycles. The average Bonchev–Trinajstić information content (AvgIpc) is 2.84. The summed E-state index contributed by atoms with van der Waals surface area (Å²) in [4.78, 5) is 12.2. The van der Waals surface area contributed by atoms with Crippen LogP contribution in [0.3, 0.4) is 0 Å². The van der Waals surface area contributed by atoms with Gasteiger partial charge in [0, 0.05) is 12.7 Å². The van der Waals surface area contributed by atoms with E-state index in [1.165, 1.54) is 15.9 Å². The van der Waals surface area contributed by atoms with Crippen molar-refractivity contribution < 1.29 is 8.42 Å². The molecular formula is C13H16ClNO3S2. The third kappa shape index (κ3) is 3.07. The molecule has 7 heteroatoms. The number of aromatic nitrogens is 1. The third-order valence-electron chi connectivity index (χ3n) is 3.19. The van der Waals surface area contributed by atoms with Crippen LogP contribution in [-0.4, -0.2) is 24.0 Å². The maximum absolute atomic E-state index is 12.2. The summed E-state index contributed by atoms with van der Waals surface area (Å²) < 4.78 is 25.7. The van der Waals surface area contributed by atoms with Crippen LogP contribution in [0.25, 0.3) is 10.1 Å². The lowest BCUT2D eigenvalue weighted by molar-refractivity contribution is 0.576. The fourth-order valence-corrected chi connectivity index (χ4v) is 4.05. The van der Waals surface area contributed by atoms with Gasteiger partial charge in [-0.05, 0) is 31.7 Å². The number of hydrogen-bond donors (Lipinski definition) is 0. The Labute approximate surface area is 126 Å². The molecule has 0 radical (unpaired) electrons. The highest BCUT2D eigenvalue weighted by Crippen LogP contribution is 2.25. The van der Waals surface area contributed by atoms with Crippen molar-refractivity contribution in [3.8, 4) is 0 Å². The van der Waals surface area contributed by atoms with Crippen LogP contribution in [0.5, 0.6) is 0 Å². The quantitative estimate of drug-likeness (QED) is 0.845. The van der Waals surface area contributed by atoms with Gasteiger partial charge in [-0.1, -0.05) is 11.6 Å². The highest BCUT2D eigenvalue weighted by atomic mass is 35.5. The van der Waals surface area contributed by atoms with Gasteiger partial charge in [-0.2, -0.15) is 0 Å². The van der Waals surface area contributed by atoms with Gasteiger partial charge >= 0.3 is 0 Å². The van der Waals surface area contributed by atoms with Crippen molar-refractivity contribution in [1.82, 2.24) is 4.57 Å². The van der Waals surface area contributed by atoms with Crippen LogP contribution in [0.4, 0.5) is 0 Å². The Morgan fingerprint density at radius 2 is 2.10 bits per heavy atom. The number of hydrogen-bond acceptors (Lipinski definition) is 4. The molecule has 0 fully saturated rings. The van der Waals surface area contributed by atoms with E-state index in [4.69, 9.17) is 11.6 Å². The molecule has 0 aliphatic rings. The zero-order chi connectivity index (χ0) is 14.9. The molecule has 0 aliphatic carbocycles. The van der Waals surface area contributed by atoms with Gasteiger partial charge in [-0.15, -0.1) is 11.3 Å². The van der Waals surface area contributed by atoms with E-state index in [0.717, 1.165) is 4.70 Å². The Bertz CT molecular complexity index is 775. The summed E-state index contributed by atoms with van der Waals surface area (Å²) in [6.45, 7) is 3.68. The summed E-state index contributed by atoms with van der Waals surface area (Å²) in [5.41, 5.74) is -0.118. The van der Waals surface area contributed by atoms with Crippen LogP contribution in [0.15, 0.2) is 22.4 Å². The van der Waals surface area contributed by atoms with Crippen molar-refractivity contribution in [3.63, 3.8) is 0 Å². The number of pyridine rings is 1. The number of nitrogens with zero attached hydrogens (tertiary/aromatic N) is 1. The highest BCUT2D eigenvalue weighted by molar-refractivity contribution is 7.91. The second kappa shape index (κ2) is 5.87. The normalized spacial score (nSPS) is 12.4. The molecule has 0 saturated heterocycles. The highest BCUT2D eigenvalue weighted by Gasteiger charge is 2.16. The molecule has 4 nitrogen and oxygen atoms in total. The zero-order valence-electron chi connectivity index (χ0n) is 11.3. The van der Waals surface area contributed by atoms with Crippen LogP contribution < -0.4 is 5.56 Å². The molecule has 2 heterocycles. The van der Waals surface area contributed by atoms with Crippen molar-refractivity contribution in [1.29, 1.82) is 0 Å². The first-order valence-corrected chi connectivity index (χ1v) is 9.28. The number of thiophene rings is 1. The van der Waals surface area contributed by atoms with Crippen LogP contribution in [0, 0.1) is 0 Å². The number of halogens is 1. The number of sulfone groups is 1. The maximum Gasteiger partial charge on any atom is 0.259 e. The van der Waals surface area contributed by atoms with Crippen LogP contribution in [-0.2, 0) is 16.4 Å². The van der Waals surface area contributed by atoms with Crippen molar-refractivity contribution >= 4 is 42.9 Å². The van der Waals surface area contributed by atoms with Crippen LogP contribution >= 0.6 is 22.9 Å². The first-order valence-electron chi connectivity index (χ1n) is 6.30. The lowest BCUT2D eigenvalue weighted by Crippen LogP contribution is -2.23. The molecule has 0 atom stereocenters. The molecule has 0 amide bonds. The molecule has 2 rings (SSSR count). The van der Waals surface area contributed by atoms with Crippen LogP contribution in [0.2, 0.25) is 5.02 Å². The monoisotopic (exact) mass is 333 g/mol. The number of rotatable bonds is 5. The maximum atomic E-state index is 12.2. The molecule has 0 bridgehead atoms. The fourth-order valence-electron chi connectivity index (χ4n) is 1.91. The Morgan fingerprint density at radius 1 is 1.40 bits per heavy atom. The van der Waals surface area contributed by atoms with Gasteiger partial charge < -0.3 is 4.57 Å². The summed E-state index contributed by atoms with van der Waals surface area (Å²) in [6.07, 6.45) is 2.00. The third-order valence-corrected chi connectivity index (χ3v) is 6.83. The van der Waals surface area contributed by atoms with E-state index in [0.29, 0.717) is 23.4 Å².